The topological polar surface area (TPSA) is 84.1 Å². The molecule has 0 atom stereocenters. The van der Waals surface area contributed by atoms with Crippen molar-refractivity contribution in [3.63, 3.8) is 0 Å². The Morgan fingerprint density at radius 2 is 1.88 bits per heavy atom. The van der Waals surface area contributed by atoms with Crippen LogP contribution in [0.25, 0.3) is 0 Å². The average Bonchev–Trinajstić information content (AvgIpc) is 2.71. The van der Waals surface area contributed by atoms with Crippen molar-refractivity contribution in [1.82, 2.24) is 4.57 Å². The predicted molar refractivity (Wildman–Crippen MR) is 115 cm³/mol. The van der Waals surface area contributed by atoms with Gasteiger partial charge in [0.2, 0.25) is 11.7 Å². The normalized spacial score (nSPS) is 11.0. The van der Waals surface area contributed by atoms with E-state index in [-0.39, 0.29) is 16.3 Å². The van der Waals surface area contributed by atoms with Crippen LogP contribution in [0.5, 0.6) is 11.5 Å². The summed E-state index contributed by atoms with van der Waals surface area (Å²) >= 11 is 9.12. The van der Waals surface area contributed by atoms with Crippen molar-refractivity contribution in [3.05, 3.63) is 85.7 Å². The number of nitriles is 1. The number of anilines is 1. The van der Waals surface area contributed by atoms with Crippen molar-refractivity contribution in [1.29, 1.82) is 5.26 Å². The molecule has 164 valence electrons. The molecule has 3 aromatic rings. The lowest BCUT2D eigenvalue weighted by molar-refractivity contribution is -0.138. The monoisotopic (exact) mass is 525 g/mol. The van der Waals surface area contributed by atoms with Gasteiger partial charge in [-0.15, -0.1) is 0 Å². The molecule has 0 saturated heterocycles. The number of nitrogens with zero attached hydrogens (tertiary/aromatic N) is 2. The minimum atomic E-state index is -4.90. The van der Waals surface area contributed by atoms with E-state index in [2.05, 4.69) is 21.2 Å². The Morgan fingerprint density at radius 1 is 1.19 bits per heavy atom. The summed E-state index contributed by atoms with van der Waals surface area (Å²) in [6, 6.07) is 12.6. The van der Waals surface area contributed by atoms with Crippen LogP contribution in [0, 0.1) is 11.3 Å². The summed E-state index contributed by atoms with van der Waals surface area (Å²) in [5.74, 6) is -1.90. The number of halogens is 5. The lowest BCUT2D eigenvalue weighted by Crippen LogP contribution is -2.29. The van der Waals surface area contributed by atoms with Crippen LogP contribution in [0.15, 0.2) is 64.0 Å². The zero-order valence-electron chi connectivity index (χ0n) is 15.9. The zero-order valence-corrected chi connectivity index (χ0v) is 18.3. The van der Waals surface area contributed by atoms with Gasteiger partial charge in [-0.2, -0.15) is 18.4 Å². The molecular formula is C21H12BrClF3N3O3. The van der Waals surface area contributed by atoms with Gasteiger partial charge < -0.3 is 14.6 Å². The zero-order chi connectivity index (χ0) is 23.5. The fourth-order valence-electron chi connectivity index (χ4n) is 2.69. The summed E-state index contributed by atoms with van der Waals surface area (Å²) in [5, 5.41) is 11.6. The van der Waals surface area contributed by atoms with Crippen molar-refractivity contribution >= 4 is 39.1 Å². The first kappa shape index (κ1) is 23.4. The van der Waals surface area contributed by atoms with Crippen molar-refractivity contribution < 1.29 is 22.7 Å². The molecular weight excluding hydrogens is 515 g/mol. The SMILES string of the molecule is N#Cc1cc(Cl)cc(Oc2c(C(F)(F)F)ccn(CC(=O)Nc3ccc(Br)cc3)c2=O)c1. The number of amides is 1. The molecule has 1 N–H and O–H groups in total. The average molecular weight is 527 g/mol. The van der Waals surface area contributed by atoms with Crippen LogP contribution in [-0.4, -0.2) is 10.5 Å². The van der Waals surface area contributed by atoms with Gasteiger partial charge in [0.05, 0.1) is 11.6 Å². The molecule has 0 spiro atoms. The van der Waals surface area contributed by atoms with Gasteiger partial charge >= 0.3 is 6.18 Å². The number of aromatic nitrogens is 1. The van der Waals surface area contributed by atoms with Crippen LogP contribution in [0.3, 0.4) is 0 Å². The molecule has 2 aromatic carbocycles. The highest BCUT2D eigenvalue weighted by atomic mass is 79.9. The highest BCUT2D eigenvalue weighted by molar-refractivity contribution is 9.10. The molecule has 6 nitrogen and oxygen atoms in total. The van der Waals surface area contributed by atoms with Crippen LogP contribution < -0.4 is 15.6 Å². The maximum Gasteiger partial charge on any atom is 0.420 e. The first-order valence-electron chi connectivity index (χ1n) is 8.81. The van der Waals surface area contributed by atoms with Crippen LogP contribution in [0.2, 0.25) is 5.02 Å². The van der Waals surface area contributed by atoms with E-state index in [0.717, 1.165) is 21.3 Å². The second kappa shape index (κ2) is 9.46. The van der Waals surface area contributed by atoms with E-state index in [1.165, 1.54) is 12.1 Å². The quantitative estimate of drug-likeness (QED) is 0.470. The first-order chi connectivity index (χ1) is 15.1. The standard InChI is InChI=1S/C21H12BrClF3N3O3/c22-13-1-3-15(4-2-13)28-18(30)11-29-6-5-17(21(24,25)26)19(20(29)31)32-16-8-12(10-27)7-14(23)9-16/h1-9H,11H2,(H,28,30). The van der Waals surface area contributed by atoms with Gasteiger partial charge in [0.15, 0.2) is 0 Å². The number of benzene rings is 2. The molecule has 0 aliphatic carbocycles. The van der Waals surface area contributed by atoms with Gasteiger partial charge in [-0.1, -0.05) is 27.5 Å². The van der Waals surface area contributed by atoms with Gasteiger partial charge in [0, 0.05) is 21.4 Å². The molecule has 0 radical (unpaired) electrons. The first-order valence-corrected chi connectivity index (χ1v) is 9.98. The number of ether oxygens (including phenoxy) is 1. The maximum atomic E-state index is 13.5. The van der Waals surface area contributed by atoms with Crippen molar-refractivity contribution in [3.8, 4) is 17.6 Å². The minimum Gasteiger partial charge on any atom is -0.451 e. The van der Waals surface area contributed by atoms with Crippen molar-refractivity contribution in [2.24, 2.45) is 0 Å². The highest BCUT2D eigenvalue weighted by Crippen LogP contribution is 2.36. The Hall–Kier alpha value is -3.29. The fourth-order valence-corrected chi connectivity index (χ4v) is 3.18. The number of alkyl halides is 3. The third-order valence-electron chi connectivity index (χ3n) is 4.09. The Kier molecular flexibility index (Phi) is 6.91. The summed E-state index contributed by atoms with van der Waals surface area (Å²) in [6.45, 7) is -0.553. The predicted octanol–water partition coefficient (Wildman–Crippen LogP) is 5.59. The van der Waals surface area contributed by atoms with Crippen LogP contribution in [-0.2, 0) is 17.5 Å². The van der Waals surface area contributed by atoms with Gasteiger partial charge in [0.25, 0.3) is 5.56 Å². The fraction of sp³-hybridized carbons (Fsp3) is 0.0952. The number of nitrogens with one attached hydrogen (secondary N) is 1. The summed E-state index contributed by atoms with van der Waals surface area (Å²) in [6.07, 6.45) is -4.04. The molecule has 0 unspecified atom stereocenters. The van der Waals surface area contributed by atoms with E-state index >= 15 is 0 Å². The van der Waals surface area contributed by atoms with Gasteiger partial charge in [-0.3, -0.25) is 9.59 Å². The molecule has 1 heterocycles. The van der Waals surface area contributed by atoms with E-state index in [4.69, 9.17) is 21.6 Å². The Labute approximate surface area is 192 Å². The molecule has 0 aliphatic heterocycles. The number of hydrogen-bond donors (Lipinski definition) is 1. The molecule has 0 saturated carbocycles. The molecule has 0 fully saturated rings. The van der Waals surface area contributed by atoms with Crippen molar-refractivity contribution in [2.45, 2.75) is 12.7 Å². The Morgan fingerprint density at radius 3 is 2.50 bits per heavy atom. The van der Waals surface area contributed by atoms with Crippen LogP contribution >= 0.6 is 27.5 Å². The van der Waals surface area contributed by atoms with Crippen LogP contribution in [0.1, 0.15) is 11.1 Å². The molecule has 0 bridgehead atoms. The lowest BCUT2D eigenvalue weighted by Gasteiger charge is -2.16. The minimum absolute atomic E-state index is 0.0335. The van der Waals surface area contributed by atoms with Gasteiger partial charge in [-0.05, 0) is 48.5 Å². The molecule has 3 rings (SSSR count). The summed E-state index contributed by atoms with van der Waals surface area (Å²) in [5.41, 5.74) is -2.03. The maximum absolute atomic E-state index is 13.5. The second-order valence-corrected chi connectivity index (χ2v) is 7.79. The largest absolute Gasteiger partial charge is 0.451 e. The molecule has 0 aliphatic rings. The van der Waals surface area contributed by atoms with E-state index in [1.807, 2.05) is 0 Å². The number of pyridine rings is 1. The number of carbonyl (C=O) groups excluding carboxylic acids is 1. The molecule has 1 aromatic heterocycles. The smallest absolute Gasteiger partial charge is 0.420 e. The molecule has 1 amide bonds. The third-order valence-corrected chi connectivity index (χ3v) is 4.84. The summed E-state index contributed by atoms with van der Waals surface area (Å²) in [4.78, 5) is 25.1. The Bertz CT molecular complexity index is 1270. The molecule has 11 heteroatoms. The van der Waals surface area contributed by atoms with Crippen molar-refractivity contribution in [2.75, 3.05) is 5.32 Å². The second-order valence-electron chi connectivity index (χ2n) is 6.43. The lowest BCUT2D eigenvalue weighted by atomic mass is 10.2. The highest BCUT2D eigenvalue weighted by Gasteiger charge is 2.36. The van der Waals surface area contributed by atoms with Crippen LogP contribution in [0.4, 0.5) is 18.9 Å². The third kappa shape index (κ3) is 5.69. The summed E-state index contributed by atoms with van der Waals surface area (Å²) in [7, 11) is 0. The van der Waals surface area contributed by atoms with E-state index in [0.29, 0.717) is 11.8 Å². The van der Waals surface area contributed by atoms with E-state index in [9.17, 15) is 22.8 Å². The number of rotatable bonds is 5. The van der Waals surface area contributed by atoms with E-state index in [1.54, 1.807) is 30.3 Å². The number of carbonyl (C=O) groups is 1. The summed E-state index contributed by atoms with van der Waals surface area (Å²) < 4.78 is 47.2. The Balaban J connectivity index is 1.95. The van der Waals surface area contributed by atoms with Gasteiger partial charge in [0.1, 0.15) is 17.9 Å². The molecule has 32 heavy (non-hydrogen) atoms. The van der Waals surface area contributed by atoms with E-state index < -0.39 is 35.5 Å². The van der Waals surface area contributed by atoms with Gasteiger partial charge in [-0.25, -0.2) is 0 Å². The number of hydrogen-bond acceptors (Lipinski definition) is 4.